The largest absolute Gasteiger partial charge is 0.496 e. The molecule has 0 aromatic heterocycles. The van der Waals surface area contributed by atoms with E-state index in [4.69, 9.17) is 13.8 Å². The smallest absolute Gasteiger partial charge is 0.343 e. The zero-order valence-electron chi connectivity index (χ0n) is 20.5. The van der Waals surface area contributed by atoms with Crippen LogP contribution in [0, 0.1) is 0 Å². The zero-order valence-corrected chi connectivity index (χ0v) is 21.4. The van der Waals surface area contributed by atoms with Crippen LogP contribution in [0.15, 0.2) is 18.2 Å². The van der Waals surface area contributed by atoms with Gasteiger partial charge in [-0.2, -0.15) is 0 Å². The van der Waals surface area contributed by atoms with Crippen molar-refractivity contribution in [1.29, 1.82) is 0 Å². The normalized spacial score (nSPS) is 15.3. The molecule has 0 spiro atoms. The molecule has 5 nitrogen and oxygen atoms in total. The molecule has 0 bridgehead atoms. The average molecular weight is 439 g/mol. The van der Waals surface area contributed by atoms with Crippen LogP contribution in [0.25, 0.3) is 6.08 Å². The molecule has 30 heavy (non-hydrogen) atoms. The first kappa shape index (κ1) is 26.6. The summed E-state index contributed by atoms with van der Waals surface area (Å²) >= 11 is 0. The Morgan fingerprint density at radius 1 is 0.933 bits per heavy atom. The van der Waals surface area contributed by atoms with Crippen molar-refractivity contribution in [3.63, 3.8) is 0 Å². The van der Waals surface area contributed by atoms with Crippen molar-refractivity contribution >= 4 is 19.5 Å². The van der Waals surface area contributed by atoms with E-state index in [0.29, 0.717) is 6.42 Å². The molecule has 0 saturated heterocycles. The molecule has 1 atom stereocenters. The molecule has 0 N–H and O–H groups in total. The molecule has 0 fully saturated rings. The Balaban J connectivity index is 3.58. The van der Waals surface area contributed by atoms with Gasteiger partial charge < -0.3 is 13.8 Å². The van der Waals surface area contributed by atoms with Gasteiger partial charge in [-0.3, -0.25) is 9.36 Å². The van der Waals surface area contributed by atoms with Gasteiger partial charge >= 0.3 is 7.60 Å². The van der Waals surface area contributed by atoms with E-state index in [2.05, 4.69) is 41.5 Å². The van der Waals surface area contributed by atoms with Crippen LogP contribution in [0.3, 0.4) is 0 Å². The molecule has 0 aliphatic heterocycles. The standard InChI is InChI=1S/C24H39O5P/c1-12-24(8,30(26,28-10)29-11)20(25)14-13-17-15-18(22(2,3)4)21(27-9)19(16-17)23(5,6)7/h13-16H,12H2,1-11H3. The van der Waals surface area contributed by atoms with Crippen molar-refractivity contribution < 1.29 is 23.1 Å². The van der Waals surface area contributed by atoms with Crippen LogP contribution < -0.4 is 4.74 Å². The fraction of sp³-hybridized carbons (Fsp3) is 0.625. The number of benzene rings is 1. The van der Waals surface area contributed by atoms with E-state index in [-0.39, 0.29) is 16.6 Å². The number of ketones is 1. The molecule has 0 amide bonds. The highest BCUT2D eigenvalue weighted by molar-refractivity contribution is 7.56. The maximum Gasteiger partial charge on any atom is 0.343 e. The van der Waals surface area contributed by atoms with Crippen molar-refractivity contribution in [3.8, 4) is 5.75 Å². The summed E-state index contributed by atoms with van der Waals surface area (Å²) in [5.41, 5.74) is 2.75. The van der Waals surface area contributed by atoms with E-state index in [1.807, 2.05) is 12.1 Å². The highest BCUT2D eigenvalue weighted by Crippen LogP contribution is 2.60. The quantitative estimate of drug-likeness (QED) is 0.341. The van der Waals surface area contributed by atoms with Gasteiger partial charge in [0.1, 0.15) is 10.9 Å². The minimum absolute atomic E-state index is 0.140. The Bertz CT molecular complexity index is 799. The molecule has 1 aromatic rings. The van der Waals surface area contributed by atoms with Gasteiger partial charge in [-0.05, 0) is 47.9 Å². The van der Waals surface area contributed by atoms with Crippen molar-refractivity contribution in [2.75, 3.05) is 21.3 Å². The van der Waals surface area contributed by atoms with E-state index in [0.717, 1.165) is 22.4 Å². The van der Waals surface area contributed by atoms with Crippen LogP contribution in [0.2, 0.25) is 0 Å². The molecule has 6 heteroatoms. The second-order valence-electron chi connectivity index (χ2n) is 9.84. The second kappa shape index (κ2) is 9.38. The molecule has 0 saturated carbocycles. The van der Waals surface area contributed by atoms with Crippen molar-refractivity contribution in [2.24, 2.45) is 0 Å². The van der Waals surface area contributed by atoms with Crippen molar-refractivity contribution in [1.82, 2.24) is 0 Å². The predicted molar refractivity (Wildman–Crippen MR) is 125 cm³/mol. The highest BCUT2D eigenvalue weighted by atomic mass is 31.2. The number of rotatable bonds is 8. The van der Waals surface area contributed by atoms with Gasteiger partial charge in [-0.1, -0.05) is 54.5 Å². The van der Waals surface area contributed by atoms with Gasteiger partial charge in [0.2, 0.25) is 0 Å². The Morgan fingerprint density at radius 2 is 1.37 bits per heavy atom. The van der Waals surface area contributed by atoms with Crippen LogP contribution in [0.4, 0.5) is 0 Å². The minimum Gasteiger partial charge on any atom is -0.496 e. The summed E-state index contributed by atoms with van der Waals surface area (Å²) in [6.07, 6.45) is 3.59. The van der Waals surface area contributed by atoms with E-state index < -0.39 is 12.8 Å². The van der Waals surface area contributed by atoms with Crippen molar-refractivity contribution in [2.45, 2.75) is 77.8 Å². The fourth-order valence-electron chi connectivity index (χ4n) is 3.41. The molecular formula is C24H39O5P. The molecule has 0 heterocycles. The maximum absolute atomic E-state index is 13.1. The summed E-state index contributed by atoms with van der Waals surface area (Å²) in [6.45, 7) is 16.3. The number of hydrogen-bond acceptors (Lipinski definition) is 5. The molecule has 1 rings (SSSR count). The fourth-order valence-corrected chi connectivity index (χ4v) is 5.10. The molecule has 1 unspecified atom stereocenters. The van der Waals surface area contributed by atoms with Crippen LogP contribution >= 0.6 is 7.60 Å². The van der Waals surface area contributed by atoms with Crippen LogP contribution in [-0.4, -0.2) is 32.3 Å². The topological polar surface area (TPSA) is 61.8 Å². The number of allylic oxidation sites excluding steroid dienone is 1. The van der Waals surface area contributed by atoms with Gasteiger partial charge in [0, 0.05) is 25.3 Å². The van der Waals surface area contributed by atoms with Gasteiger partial charge in [0.25, 0.3) is 0 Å². The lowest BCUT2D eigenvalue weighted by Crippen LogP contribution is -2.34. The Hall–Kier alpha value is -1.42. The summed E-state index contributed by atoms with van der Waals surface area (Å²) in [5.74, 6) is 0.586. The van der Waals surface area contributed by atoms with Gasteiger partial charge in [-0.15, -0.1) is 0 Å². The first-order chi connectivity index (χ1) is 13.6. The maximum atomic E-state index is 13.1. The SMILES string of the molecule is CCC(C)(C(=O)C=Cc1cc(C(C)(C)C)c(OC)c(C(C)(C)C)c1)P(=O)(OC)OC. The van der Waals surface area contributed by atoms with Crippen molar-refractivity contribution in [3.05, 3.63) is 34.9 Å². The van der Waals surface area contributed by atoms with E-state index in [9.17, 15) is 9.36 Å². The first-order valence-corrected chi connectivity index (χ1v) is 11.8. The summed E-state index contributed by atoms with van der Waals surface area (Å²) < 4.78 is 29.1. The van der Waals surface area contributed by atoms with E-state index >= 15 is 0 Å². The summed E-state index contributed by atoms with van der Waals surface area (Å²) in [4.78, 5) is 13.1. The Kier molecular flexibility index (Phi) is 8.32. The molecule has 0 aliphatic carbocycles. The number of methoxy groups -OCH3 is 1. The van der Waals surface area contributed by atoms with Crippen LogP contribution in [0.5, 0.6) is 5.75 Å². The Labute approximate surface area is 182 Å². The summed E-state index contributed by atoms with van der Waals surface area (Å²) in [5, 5.41) is -1.25. The number of ether oxygens (including phenoxy) is 1. The number of carbonyl (C=O) groups excluding carboxylic acids is 1. The summed E-state index contributed by atoms with van der Waals surface area (Å²) in [7, 11) is 0.726. The number of hydrogen-bond donors (Lipinski definition) is 0. The molecule has 1 aromatic carbocycles. The zero-order chi connectivity index (χ0) is 23.5. The molecule has 0 aliphatic rings. The van der Waals surface area contributed by atoms with E-state index in [1.54, 1.807) is 27.0 Å². The van der Waals surface area contributed by atoms with Gasteiger partial charge in [0.05, 0.1) is 7.11 Å². The lowest BCUT2D eigenvalue weighted by Gasteiger charge is -2.31. The minimum atomic E-state index is -3.59. The third-order valence-electron chi connectivity index (χ3n) is 5.66. The molecule has 0 radical (unpaired) electrons. The number of carbonyl (C=O) groups is 1. The van der Waals surface area contributed by atoms with Crippen LogP contribution in [-0.2, 0) is 29.2 Å². The second-order valence-corrected chi connectivity index (χ2v) is 12.5. The predicted octanol–water partition coefficient (Wildman–Crippen LogP) is 6.53. The average Bonchev–Trinajstić information content (AvgIpc) is 2.68. The Morgan fingerprint density at radius 3 is 1.67 bits per heavy atom. The lowest BCUT2D eigenvalue weighted by molar-refractivity contribution is -0.117. The molecular weight excluding hydrogens is 399 g/mol. The van der Waals surface area contributed by atoms with Gasteiger partial charge in [-0.25, -0.2) is 0 Å². The van der Waals surface area contributed by atoms with Crippen LogP contribution in [0.1, 0.15) is 78.5 Å². The third kappa shape index (κ3) is 5.25. The highest BCUT2D eigenvalue weighted by Gasteiger charge is 2.49. The monoisotopic (exact) mass is 438 g/mol. The lowest BCUT2D eigenvalue weighted by atomic mass is 9.78. The van der Waals surface area contributed by atoms with Gasteiger partial charge in [0.15, 0.2) is 5.78 Å². The first-order valence-electron chi connectivity index (χ1n) is 10.3. The van der Waals surface area contributed by atoms with E-state index in [1.165, 1.54) is 20.3 Å². The molecule has 170 valence electrons. The third-order valence-corrected chi connectivity index (χ3v) is 8.37. The summed E-state index contributed by atoms with van der Waals surface area (Å²) in [6, 6.07) is 4.10.